The minimum absolute atomic E-state index is 0.0358. The molecule has 1 aliphatic rings. The summed E-state index contributed by atoms with van der Waals surface area (Å²) in [5.74, 6) is -0.458. The molecule has 9 nitrogen and oxygen atoms in total. The van der Waals surface area contributed by atoms with Crippen LogP contribution in [0.5, 0.6) is 0 Å². The number of nitrogens with one attached hydrogen (secondary N) is 1. The van der Waals surface area contributed by atoms with Crippen LogP contribution >= 0.6 is 23.1 Å². The minimum atomic E-state index is -0.501. The van der Waals surface area contributed by atoms with E-state index in [4.69, 9.17) is 4.42 Å². The number of nitrogens with zero attached hydrogens (tertiary/aromatic N) is 2. The van der Waals surface area contributed by atoms with Gasteiger partial charge in [0.05, 0.1) is 9.83 Å². The number of nitro benzene ring substituents is 1. The van der Waals surface area contributed by atoms with Gasteiger partial charge < -0.3 is 9.73 Å². The highest BCUT2D eigenvalue weighted by molar-refractivity contribution is 8.18. The van der Waals surface area contributed by atoms with Crippen molar-refractivity contribution in [1.82, 2.24) is 10.2 Å². The number of benzene rings is 1. The maximum absolute atomic E-state index is 12.5. The molecule has 3 aromatic rings. The number of non-ortho nitro benzene ring substituents is 1. The van der Waals surface area contributed by atoms with Crippen molar-refractivity contribution in [1.29, 1.82) is 0 Å². The van der Waals surface area contributed by atoms with Gasteiger partial charge in [-0.25, -0.2) is 0 Å². The zero-order chi connectivity index (χ0) is 22.7. The van der Waals surface area contributed by atoms with Gasteiger partial charge in [-0.2, -0.15) is 0 Å². The molecule has 0 saturated carbocycles. The molecule has 1 aliphatic heterocycles. The van der Waals surface area contributed by atoms with Crippen molar-refractivity contribution in [3.63, 3.8) is 0 Å². The first kappa shape index (κ1) is 21.5. The normalized spacial score (nSPS) is 14.9. The van der Waals surface area contributed by atoms with Gasteiger partial charge in [-0.1, -0.05) is 6.07 Å². The van der Waals surface area contributed by atoms with Crippen molar-refractivity contribution >= 4 is 51.9 Å². The van der Waals surface area contributed by atoms with Gasteiger partial charge in [0, 0.05) is 35.7 Å². The first-order chi connectivity index (χ1) is 15.4. The second-order valence-electron chi connectivity index (χ2n) is 6.57. The van der Waals surface area contributed by atoms with E-state index in [1.807, 2.05) is 17.5 Å². The lowest BCUT2D eigenvalue weighted by Crippen LogP contribution is -2.37. The molecule has 3 heterocycles. The highest BCUT2D eigenvalue weighted by atomic mass is 32.2. The zero-order valence-corrected chi connectivity index (χ0v) is 18.0. The first-order valence-electron chi connectivity index (χ1n) is 9.34. The second kappa shape index (κ2) is 9.20. The lowest BCUT2D eigenvalue weighted by atomic mass is 10.1. The third kappa shape index (κ3) is 4.63. The quantitative estimate of drug-likeness (QED) is 0.309. The summed E-state index contributed by atoms with van der Waals surface area (Å²) >= 11 is 2.34. The predicted molar refractivity (Wildman–Crippen MR) is 120 cm³/mol. The molecule has 32 heavy (non-hydrogen) atoms. The molecule has 1 fully saturated rings. The Morgan fingerprint density at radius 2 is 1.94 bits per heavy atom. The van der Waals surface area contributed by atoms with Gasteiger partial charge >= 0.3 is 0 Å². The standard InChI is InChI=1S/C21H15N3O6S2/c25-19(17-8-7-16(30-17)13-3-5-14(6-4-13)24(28)29)22-9-10-23-20(26)18(32-21(23)27)12-15-2-1-11-31-15/h1-8,11-12H,9-10H2,(H,22,25)/b18-12-. The van der Waals surface area contributed by atoms with Gasteiger partial charge in [-0.15, -0.1) is 11.3 Å². The summed E-state index contributed by atoms with van der Waals surface area (Å²) in [4.78, 5) is 49.5. The number of nitro groups is 1. The van der Waals surface area contributed by atoms with Crippen molar-refractivity contribution in [3.8, 4) is 11.3 Å². The smallest absolute Gasteiger partial charge is 0.293 e. The van der Waals surface area contributed by atoms with E-state index in [2.05, 4.69) is 5.32 Å². The number of furan rings is 1. The van der Waals surface area contributed by atoms with Crippen LogP contribution in [0.4, 0.5) is 10.5 Å². The molecule has 11 heteroatoms. The zero-order valence-electron chi connectivity index (χ0n) is 16.3. The number of hydrogen-bond acceptors (Lipinski definition) is 8. The number of hydrogen-bond donors (Lipinski definition) is 1. The van der Waals surface area contributed by atoms with Crippen molar-refractivity contribution in [2.75, 3.05) is 13.1 Å². The van der Waals surface area contributed by atoms with Crippen LogP contribution in [0.15, 0.2) is 63.2 Å². The van der Waals surface area contributed by atoms with Gasteiger partial charge in [0.15, 0.2) is 5.76 Å². The molecular formula is C21H15N3O6S2. The second-order valence-corrected chi connectivity index (χ2v) is 8.55. The number of carbonyl (C=O) groups is 3. The third-order valence-electron chi connectivity index (χ3n) is 4.50. The number of thioether (sulfide) groups is 1. The van der Waals surface area contributed by atoms with Crippen LogP contribution in [-0.4, -0.2) is 40.0 Å². The molecule has 1 aromatic carbocycles. The Hall–Kier alpha value is -3.70. The largest absolute Gasteiger partial charge is 0.451 e. The van der Waals surface area contributed by atoms with Crippen molar-refractivity contribution in [2.24, 2.45) is 0 Å². The summed E-state index contributed by atoms with van der Waals surface area (Å²) in [5.41, 5.74) is 0.542. The molecular weight excluding hydrogens is 454 g/mol. The molecule has 3 amide bonds. The van der Waals surface area contributed by atoms with Crippen LogP contribution in [0, 0.1) is 10.1 Å². The van der Waals surface area contributed by atoms with Crippen LogP contribution in [0.3, 0.4) is 0 Å². The van der Waals surface area contributed by atoms with Crippen molar-refractivity contribution in [2.45, 2.75) is 0 Å². The van der Waals surface area contributed by atoms with Gasteiger partial charge in [0.2, 0.25) is 0 Å². The molecule has 162 valence electrons. The Balaban J connectivity index is 1.33. The third-order valence-corrected chi connectivity index (χ3v) is 6.23. The Labute approximate surface area is 189 Å². The van der Waals surface area contributed by atoms with E-state index in [1.54, 1.807) is 12.1 Å². The van der Waals surface area contributed by atoms with E-state index in [0.717, 1.165) is 21.5 Å². The van der Waals surface area contributed by atoms with Gasteiger partial charge in [-0.05, 0) is 53.5 Å². The lowest BCUT2D eigenvalue weighted by Gasteiger charge is -2.12. The van der Waals surface area contributed by atoms with Crippen LogP contribution in [0.2, 0.25) is 0 Å². The fraction of sp³-hybridized carbons (Fsp3) is 0.0952. The van der Waals surface area contributed by atoms with Crippen molar-refractivity contribution in [3.05, 3.63) is 79.6 Å². The number of amides is 3. The summed E-state index contributed by atoms with van der Waals surface area (Å²) in [6.07, 6.45) is 1.68. The van der Waals surface area contributed by atoms with E-state index >= 15 is 0 Å². The first-order valence-corrected chi connectivity index (χ1v) is 11.0. The SMILES string of the molecule is O=C(NCCN1C(=O)S/C(=C\c2cccs2)C1=O)c1ccc(-c2ccc([N+](=O)[O-])cc2)o1. The molecule has 4 rings (SSSR count). The molecule has 0 aliphatic carbocycles. The summed E-state index contributed by atoms with van der Waals surface area (Å²) in [6, 6.07) is 12.5. The molecule has 1 saturated heterocycles. The van der Waals surface area contributed by atoms with Crippen LogP contribution < -0.4 is 5.32 Å². The Morgan fingerprint density at radius 1 is 1.16 bits per heavy atom. The highest BCUT2D eigenvalue weighted by Gasteiger charge is 2.34. The van der Waals surface area contributed by atoms with E-state index in [1.165, 1.54) is 41.7 Å². The maximum atomic E-state index is 12.5. The average Bonchev–Trinajstić information content (AvgIpc) is 3.52. The van der Waals surface area contributed by atoms with Gasteiger partial charge in [-0.3, -0.25) is 29.4 Å². The summed E-state index contributed by atoms with van der Waals surface area (Å²) in [7, 11) is 0. The molecule has 1 N–H and O–H groups in total. The molecule has 0 unspecified atom stereocenters. The van der Waals surface area contributed by atoms with Gasteiger partial charge in [0.1, 0.15) is 5.76 Å². The topological polar surface area (TPSA) is 123 Å². The summed E-state index contributed by atoms with van der Waals surface area (Å²) in [6.45, 7) is 0.102. The minimum Gasteiger partial charge on any atom is -0.451 e. The number of thiophene rings is 1. The van der Waals surface area contributed by atoms with E-state index in [0.29, 0.717) is 16.2 Å². The predicted octanol–water partition coefficient (Wildman–Crippen LogP) is 4.38. The molecule has 0 radical (unpaired) electrons. The van der Waals surface area contributed by atoms with Crippen LogP contribution in [0.25, 0.3) is 17.4 Å². The number of carbonyl (C=O) groups excluding carboxylic acids is 3. The highest BCUT2D eigenvalue weighted by Crippen LogP contribution is 2.32. The van der Waals surface area contributed by atoms with E-state index in [9.17, 15) is 24.5 Å². The molecule has 0 atom stereocenters. The Bertz CT molecular complexity index is 1210. The Morgan fingerprint density at radius 3 is 2.62 bits per heavy atom. The van der Waals surface area contributed by atoms with Crippen LogP contribution in [0.1, 0.15) is 15.4 Å². The fourth-order valence-corrected chi connectivity index (χ4v) is 4.51. The fourth-order valence-electron chi connectivity index (χ4n) is 2.93. The summed E-state index contributed by atoms with van der Waals surface area (Å²) < 4.78 is 5.53. The molecule has 0 bridgehead atoms. The molecule has 2 aromatic heterocycles. The van der Waals surface area contributed by atoms with Crippen molar-refractivity contribution < 1.29 is 23.7 Å². The average molecular weight is 470 g/mol. The maximum Gasteiger partial charge on any atom is 0.293 e. The number of imide groups is 1. The molecule has 0 spiro atoms. The van der Waals surface area contributed by atoms with E-state index < -0.39 is 10.8 Å². The Kier molecular flexibility index (Phi) is 6.19. The van der Waals surface area contributed by atoms with Crippen LogP contribution in [-0.2, 0) is 4.79 Å². The number of rotatable bonds is 7. The van der Waals surface area contributed by atoms with Gasteiger partial charge in [0.25, 0.3) is 22.7 Å². The lowest BCUT2D eigenvalue weighted by molar-refractivity contribution is -0.384. The van der Waals surface area contributed by atoms with E-state index in [-0.39, 0.29) is 35.7 Å². The monoisotopic (exact) mass is 469 g/mol. The summed E-state index contributed by atoms with van der Waals surface area (Å²) in [5, 5.41) is 14.9.